The summed E-state index contributed by atoms with van der Waals surface area (Å²) in [6.07, 6.45) is 4.08. The van der Waals surface area contributed by atoms with Crippen molar-refractivity contribution in [2.75, 3.05) is 17.2 Å². The molecule has 2 aromatic rings. The van der Waals surface area contributed by atoms with Gasteiger partial charge in [0.1, 0.15) is 5.69 Å². The summed E-state index contributed by atoms with van der Waals surface area (Å²) < 4.78 is 1.73. The molecule has 3 rings (SSSR count). The summed E-state index contributed by atoms with van der Waals surface area (Å²) in [4.78, 5) is 18.2. The molecule has 1 aliphatic rings. The minimum Gasteiger partial charge on any atom is -0.399 e. The van der Waals surface area contributed by atoms with E-state index in [0.717, 1.165) is 23.4 Å². The maximum atomic E-state index is 12.4. The molecule has 0 fully saturated rings. The Kier molecular flexibility index (Phi) is 2.33. The predicted octanol–water partition coefficient (Wildman–Crippen LogP) is 1.21. The lowest BCUT2D eigenvalue weighted by atomic mass is 10.1. The molecule has 1 aromatic heterocycles. The molecule has 0 radical (unpaired) electrons. The van der Waals surface area contributed by atoms with E-state index in [9.17, 15) is 4.79 Å². The van der Waals surface area contributed by atoms with Gasteiger partial charge in [-0.1, -0.05) is 0 Å². The van der Waals surface area contributed by atoms with Gasteiger partial charge in [0, 0.05) is 25.0 Å². The monoisotopic (exact) mass is 242 g/mol. The Labute approximate surface area is 105 Å². The number of aromatic nitrogens is 2. The van der Waals surface area contributed by atoms with E-state index < -0.39 is 0 Å². The SMILES string of the molecule is Cn1cncc1C(=O)N1CCc2cc(N)ccc21. The summed E-state index contributed by atoms with van der Waals surface area (Å²) in [6.45, 7) is 0.697. The molecule has 18 heavy (non-hydrogen) atoms. The molecule has 0 saturated heterocycles. The number of fused-ring (bicyclic) bond motifs is 1. The molecular weight excluding hydrogens is 228 g/mol. The summed E-state index contributed by atoms with van der Waals surface area (Å²) in [5.41, 5.74) is 9.17. The Hall–Kier alpha value is -2.30. The number of nitrogen functional groups attached to an aromatic ring is 1. The van der Waals surface area contributed by atoms with E-state index in [1.54, 1.807) is 22.0 Å². The largest absolute Gasteiger partial charge is 0.399 e. The van der Waals surface area contributed by atoms with Gasteiger partial charge in [-0.15, -0.1) is 0 Å². The van der Waals surface area contributed by atoms with Crippen molar-refractivity contribution in [2.45, 2.75) is 6.42 Å². The quantitative estimate of drug-likeness (QED) is 0.764. The van der Waals surface area contributed by atoms with Crippen LogP contribution in [0, 0.1) is 0 Å². The van der Waals surface area contributed by atoms with Crippen LogP contribution in [0.25, 0.3) is 0 Å². The summed E-state index contributed by atoms with van der Waals surface area (Å²) in [6, 6.07) is 5.67. The van der Waals surface area contributed by atoms with E-state index in [1.165, 1.54) is 0 Å². The van der Waals surface area contributed by atoms with Crippen LogP contribution in [0.4, 0.5) is 11.4 Å². The van der Waals surface area contributed by atoms with E-state index in [-0.39, 0.29) is 5.91 Å². The third kappa shape index (κ3) is 1.55. The van der Waals surface area contributed by atoms with Crippen LogP contribution in [0.2, 0.25) is 0 Å². The number of carbonyl (C=O) groups is 1. The fourth-order valence-corrected chi connectivity index (χ4v) is 2.33. The molecule has 0 aliphatic carbocycles. The van der Waals surface area contributed by atoms with Crippen molar-refractivity contribution in [2.24, 2.45) is 7.05 Å². The van der Waals surface area contributed by atoms with Crippen LogP contribution >= 0.6 is 0 Å². The Balaban J connectivity index is 1.98. The van der Waals surface area contributed by atoms with Crippen molar-refractivity contribution >= 4 is 17.3 Å². The zero-order valence-corrected chi connectivity index (χ0v) is 10.1. The molecule has 5 heteroatoms. The van der Waals surface area contributed by atoms with E-state index in [4.69, 9.17) is 5.73 Å². The van der Waals surface area contributed by atoms with Crippen molar-refractivity contribution in [3.8, 4) is 0 Å². The highest BCUT2D eigenvalue weighted by Gasteiger charge is 2.26. The number of nitrogens with two attached hydrogens (primary N) is 1. The lowest BCUT2D eigenvalue weighted by molar-refractivity contribution is 0.0981. The number of benzene rings is 1. The first-order chi connectivity index (χ1) is 8.66. The fraction of sp³-hybridized carbons (Fsp3) is 0.231. The van der Waals surface area contributed by atoms with E-state index in [0.29, 0.717) is 12.2 Å². The molecule has 1 amide bonds. The standard InChI is InChI=1S/C13H14N4O/c1-16-8-15-7-12(16)13(18)17-5-4-9-6-10(14)2-3-11(9)17/h2-3,6-8H,4-5,14H2,1H3. The van der Waals surface area contributed by atoms with Crippen molar-refractivity contribution in [1.82, 2.24) is 9.55 Å². The van der Waals surface area contributed by atoms with Gasteiger partial charge in [-0.25, -0.2) is 4.98 Å². The van der Waals surface area contributed by atoms with Crippen LogP contribution in [0.15, 0.2) is 30.7 Å². The molecular formula is C13H14N4O. The van der Waals surface area contributed by atoms with E-state index in [1.807, 2.05) is 25.2 Å². The van der Waals surface area contributed by atoms with Gasteiger partial charge in [0.05, 0.1) is 12.5 Å². The highest BCUT2D eigenvalue weighted by molar-refractivity contribution is 6.06. The summed E-state index contributed by atoms with van der Waals surface area (Å²) in [7, 11) is 1.82. The Morgan fingerprint density at radius 1 is 1.44 bits per heavy atom. The predicted molar refractivity (Wildman–Crippen MR) is 69.4 cm³/mol. The van der Waals surface area contributed by atoms with Crippen LogP contribution in [0.5, 0.6) is 0 Å². The molecule has 0 saturated carbocycles. The van der Waals surface area contributed by atoms with Gasteiger partial charge < -0.3 is 15.2 Å². The van der Waals surface area contributed by atoms with Crippen LogP contribution in [-0.4, -0.2) is 22.0 Å². The third-order valence-corrected chi connectivity index (χ3v) is 3.28. The molecule has 2 heterocycles. The summed E-state index contributed by atoms with van der Waals surface area (Å²) in [5, 5.41) is 0. The number of imidazole rings is 1. The molecule has 0 bridgehead atoms. The highest BCUT2D eigenvalue weighted by Crippen LogP contribution is 2.30. The maximum absolute atomic E-state index is 12.4. The molecule has 2 N–H and O–H groups in total. The minimum atomic E-state index is -0.0153. The fourth-order valence-electron chi connectivity index (χ4n) is 2.33. The first-order valence-corrected chi connectivity index (χ1v) is 5.83. The average molecular weight is 242 g/mol. The first-order valence-electron chi connectivity index (χ1n) is 5.83. The highest BCUT2D eigenvalue weighted by atomic mass is 16.2. The molecule has 0 atom stereocenters. The molecule has 92 valence electrons. The second kappa shape index (κ2) is 3.87. The maximum Gasteiger partial charge on any atom is 0.276 e. The zero-order valence-electron chi connectivity index (χ0n) is 10.1. The third-order valence-electron chi connectivity index (χ3n) is 3.28. The zero-order chi connectivity index (χ0) is 12.7. The topological polar surface area (TPSA) is 64.2 Å². The number of anilines is 2. The second-order valence-electron chi connectivity index (χ2n) is 4.48. The normalized spacial score (nSPS) is 13.7. The number of aryl methyl sites for hydroxylation is 1. The average Bonchev–Trinajstić information content (AvgIpc) is 2.94. The van der Waals surface area contributed by atoms with Crippen molar-refractivity contribution in [3.05, 3.63) is 42.0 Å². The molecule has 1 aromatic carbocycles. The summed E-state index contributed by atoms with van der Waals surface area (Å²) >= 11 is 0. The van der Waals surface area contributed by atoms with Gasteiger partial charge in [0.25, 0.3) is 5.91 Å². The molecule has 0 unspecified atom stereocenters. The van der Waals surface area contributed by atoms with Crippen LogP contribution in [0.3, 0.4) is 0 Å². The number of hydrogen-bond donors (Lipinski definition) is 1. The molecule has 5 nitrogen and oxygen atoms in total. The minimum absolute atomic E-state index is 0.0153. The number of hydrogen-bond acceptors (Lipinski definition) is 3. The second-order valence-corrected chi connectivity index (χ2v) is 4.48. The Morgan fingerprint density at radius 3 is 3.00 bits per heavy atom. The van der Waals surface area contributed by atoms with Gasteiger partial charge in [0.2, 0.25) is 0 Å². The van der Waals surface area contributed by atoms with Crippen molar-refractivity contribution < 1.29 is 4.79 Å². The van der Waals surface area contributed by atoms with Crippen LogP contribution < -0.4 is 10.6 Å². The lowest BCUT2D eigenvalue weighted by Gasteiger charge is -2.17. The number of nitrogens with zero attached hydrogens (tertiary/aromatic N) is 3. The van der Waals surface area contributed by atoms with E-state index >= 15 is 0 Å². The van der Waals surface area contributed by atoms with Gasteiger partial charge in [-0.2, -0.15) is 0 Å². The van der Waals surface area contributed by atoms with Gasteiger partial charge in [-0.3, -0.25) is 4.79 Å². The molecule has 1 aliphatic heterocycles. The number of carbonyl (C=O) groups excluding carboxylic acids is 1. The van der Waals surface area contributed by atoms with Crippen molar-refractivity contribution in [3.63, 3.8) is 0 Å². The van der Waals surface area contributed by atoms with Gasteiger partial charge in [-0.05, 0) is 30.2 Å². The Bertz CT molecular complexity index is 617. The number of rotatable bonds is 1. The van der Waals surface area contributed by atoms with Crippen LogP contribution in [-0.2, 0) is 13.5 Å². The first kappa shape index (κ1) is 10.8. The number of amides is 1. The lowest BCUT2D eigenvalue weighted by Crippen LogP contribution is -2.30. The van der Waals surface area contributed by atoms with Gasteiger partial charge in [0.15, 0.2) is 0 Å². The summed E-state index contributed by atoms with van der Waals surface area (Å²) in [5.74, 6) is -0.0153. The van der Waals surface area contributed by atoms with Crippen molar-refractivity contribution in [1.29, 1.82) is 0 Å². The van der Waals surface area contributed by atoms with Crippen LogP contribution in [0.1, 0.15) is 16.1 Å². The Morgan fingerprint density at radius 2 is 2.28 bits per heavy atom. The van der Waals surface area contributed by atoms with E-state index in [2.05, 4.69) is 4.98 Å². The van der Waals surface area contributed by atoms with Gasteiger partial charge >= 0.3 is 0 Å². The molecule has 0 spiro atoms. The smallest absolute Gasteiger partial charge is 0.276 e.